The van der Waals surface area contributed by atoms with Crippen molar-refractivity contribution in [2.45, 2.75) is 31.3 Å². The number of benzene rings is 1. The predicted octanol–water partition coefficient (Wildman–Crippen LogP) is 1.83. The molecule has 5 nitrogen and oxygen atoms in total. The second-order valence-electron chi connectivity index (χ2n) is 5.57. The first kappa shape index (κ1) is 16.9. The normalized spacial score (nSPS) is 23.3. The van der Waals surface area contributed by atoms with E-state index in [0.29, 0.717) is 5.56 Å². The van der Waals surface area contributed by atoms with E-state index in [0.717, 1.165) is 9.87 Å². The van der Waals surface area contributed by atoms with Crippen LogP contribution in [0.3, 0.4) is 0 Å². The average Bonchev–Trinajstić information content (AvgIpc) is 2.48. The highest BCUT2D eigenvalue weighted by Gasteiger charge is 2.39. The molecule has 122 valence electrons. The number of halogens is 1. The molecule has 2 atom stereocenters. The first-order valence-corrected chi connectivity index (χ1v) is 8.50. The third-order valence-electron chi connectivity index (χ3n) is 3.97. The average molecular weight is 329 g/mol. The third kappa shape index (κ3) is 3.15. The van der Waals surface area contributed by atoms with Crippen molar-refractivity contribution in [3.8, 4) is 0 Å². The van der Waals surface area contributed by atoms with Gasteiger partial charge in [0.2, 0.25) is 10.0 Å². The van der Waals surface area contributed by atoms with Crippen molar-refractivity contribution < 1.29 is 22.3 Å². The Morgan fingerprint density at radius 1 is 1.36 bits per heavy atom. The van der Waals surface area contributed by atoms with Crippen LogP contribution in [0.2, 0.25) is 0 Å². The van der Waals surface area contributed by atoms with E-state index in [4.69, 9.17) is 0 Å². The number of ether oxygens (including phenoxy) is 1. The highest BCUT2D eigenvalue weighted by atomic mass is 32.2. The van der Waals surface area contributed by atoms with Crippen LogP contribution >= 0.6 is 0 Å². The van der Waals surface area contributed by atoms with Crippen molar-refractivity contribution in [2.75, 3.05) is 20.2 Å². The Balaban J connectivity index is 2.25. The summed E-state index contributed by atoms with van der Waals surface area (Å²) in [6, 6.07) is 5.15. The molecule has 1 aliphatic heterocycles. The Labute approximate surface area is 130 Å². The lowest BCUT2D eigenvalue weighted by atomic mass is 9.96. The number of hydrogen-bond donors (Lipinski definition) is 0. The monoisotopic (exact) mass is 329 g/mol. The second kappa shape index (κ2) is 6.34. The fourth-order valence-electron chi connectivity index (χ4n) is 2.64. The number of alkyl halides is 1. The van der Waals surface area contributed by atoms with Gasteiger partial charge in [-0.05, 0) is 37.5 Å². The molecule has 1 fully saturated rings. The largest absolute Gasteiger partial charge is 0.469 e. The minimum atomic E-state index is -3.76. The molecule has 0 unspecified atom stereocenters. The van der Waals surface area contributed by atoms with Crippen molar-refractivity contribution >= 4 is 16.0 Å². The Morgan fingerprint density at radius 2 is 2.05 bits per heavy atom. The van der Waals surface area contributed by atoms with Crippen molar-refractivity contribution in [1.29, 1.82) is 0 Å². The van der Waals surface area contributed by atoms with Crippen LogP contribution < -0.4 is 0 Å². The fraction of sp³-hybridized carbons (Fsp3) is 0.533. The molecule has 0 amide bonds. The summed E-state index contributed by atoms with van der Waals surface area (Å²) in [5.74, 6) is -1.52. The summed E-state index contributed by atoms with van der Waals surface area (Å²) >= 11 is 0. The van der Waals surface area contributed by atoms with Crippen molar-refractivity contribution in [3.63, 3.8) is 0 Å². The van der Waals surface area contributed by atoms with Gasteiger partial charge in [0.1, 0.15) is 6.17 Å². The summed E-state index contributed by atoms with van der Waals surface area (Å²) in [5.41, 5.74) is 1.45. The van der Waals surface area contributed by atoms with Crippen LogP contribution in [0.4, 0.5) is 4.39 Å². The molecule has 1 aromatic carbocycles. The number of carbonyl (C=O) groups is 1. The number of piperidine rings is 1. The van der Waals surface area contributed by atoms with E-state index < -0.39 is 28.1 Å². The molecule has 1 heterocycles. The molecule has 0 aromatic heterocycles. The minimum absolute atomic E-state index is 0.107. The Hall–Kier alpha value is -1.47. The van der Waals surface area contributed by atoms with E-state index in [9.17, 15) is 17.6 Å². The Bertz CT molecular complexity index is 674. The Morgan fingerprint density at radius 3 is 2.64 bits per heavy atom. The molecular formula is C15H20FNO4S. The summed E-state index contributed by atoms with van der Waals surface area (Å²) in [6.07, 6.45) is -1.43. The quantitative estimate of drug-likeness (QED) is 0.794. The first-order chi connectivity index (χ1) is 10.3. The van der Waals surface area contributed by atoms with Gasteiger partial charge in [0.15, 0.2) is 0 Å². The van der Waals surface area contributed by atoms with E-state index in [1.165, 1.54) is 7.11 Å². The molecule has 22 heavy (non-hydrogen) atoms. The SMILES string of the molecule is COC(=O)[C@@H]1CCN(S(=O)(=O)c2cc(C)ccc2C)C[C@@H]1F. The van der Waals surface area contributed by atoms with Crippen LogP contribution in [-0.4, -0.2) is 45.1 Å². The first-order valence-electron chi connectivity index (χ1n) is 7.06. The van der Waals surface area contributed by atoms with Gasteiger partial charge in [-0.1, -0.05) is 12.1 Å². The number of esters is 1. The summed E-state index contributed by atoms with van der Waals surface area (Å²) in [5, 5.41) is 0. The lowest BCUT2D eigenvalue weighted by Crippen LogP contribution is -2.47. The number of nitrogens with zero attached hydrogens (tertiary/aromatic N) is 1. The standard InChI is InChI=1S/C15H20FNO4S/c1-10-4-5-11(2)14(8-10)22(19,20)17-7-6-12(13(16)9-17)15(18)21-3/h4-5,8,12-13H,6-7,9H2,1-3H3/t12-,13+/m1/s1. The predicted molar refractivity (Wildman–Crippen MR) is 79.7 cm³/mol. The summed E-state index contributed by atoms with van der Waals surface area (Å²) < 4.78 is 45.2. The molecular weight excluding hydrogens is 309 g/mol. The molecule has 0 spiro atoms. The Kier molecular flexibility index (Phi) is 4.87. The van der Waals surface area contributed by atoms with Gasteiger partial charge in [-0.25, -0.2) is 12.8 Å². The van der Waals surface area contributed by atoms with Crippen LogP contribution in [0, 0.1) is 19.8 Å². The second-order valence-corrected chi connectivity index (χ2v) is 7.47. The van der Waals surface area contributed by atoms with Gasteiger partial charge < -0.3 is 4.74 Å². The number of carbonyl (C=O) groups excluding carboxylic acids is 1. The van der Waals surface area contributed by atoms with Gasteiger partial charge in [0.05, 0.1) is 17.9 Å². The molecule has 0 bridgehead atoms. The summed E-state index contributed by atoms with van der Waals surface area (Å²) in [6.45, 7) is 3.30. The van der Waals surface area contributed by atoms with Crippen LogP contribution in [0.1, 0.15) is 17.5 Å². The van der Waals surface area contributed by atoms with Crippen LogP contribution in [0.25, 0.3) is 0 Å². The minimum Gasteiger partial charge on any atom is -0.469 e. The van der Waals surface area contributed by atoms with E-state index in [2.05, 4.69) is 4.74 Å². The number of aryl methyl sites for hydroxylation is 2. The van der Waals surface area contributed by atoms with Crippen molar-refractivity contribution in [3.05, 3.63) is 29.3 Å². The van der Waals surface area contributed by atoms with Crippen molar-refractivity contribution in [1.82, 2.24) is 4.31 Å². The van der Waals surface area contributed by atoms with Gasteiger partial charge in [-0.3, -0.25) is 4.79 Å². The molecule has 0 aliphatic carbocycles. The zero-order valence-electron chi connectivity index (χ0n) is 12.9. The number of sulfonamides is 1. The number of methoxy groups -OCH3 is 1. The smallest absolute Gasteiger partial charge is 0.311 e. The van der Waals surface area contributed by atoms with E-state index in [1.807, 2.05) is 6.07 Å². The highest BCUT2D eigenvalue weighted by Crippen LogP contribution is 2.28. The maximum absolute atomic E-state index is 14.2. The molecule has 0 radical (unpaired) electrons. The molecule has 1 saturated heterocycles. The topological polar surface area (TPSA) is 63.7 Å². The van der Waals surface area contributed by atoms with Gasteiger partial charge in [-0.2, -0.15) is 4.31 Å². The lowest BCUT2D eigenvalue weighted by Gasteiger charge is -2.32. The lowest BCUT2D eigenvalue weighted by molar-refractivity contribution is -0.149. The zero-order chi connectivity index (χ0) is 16.5. The van der Waals surface area contributed by atoms with Gasteiger partial charge in [0.25, 0.3) is 0 Å². The van der Waals surface area contributed by atoms with E-state index >= 15 is 0 Å². The van der Waals surface area contributed by atoms with Crippen LogP contribution in [0.5, 0.6) is 0 Å². The molecule has 7 heteroatoms. The van der Waals surface area contributed by atoms with Gasteiger partial charge >= 0.3 is 5.97 Å². The maximum atomic E-state index is 14.2. The third-order valence-corrected chi connectivity index (χ3v) is 5.98. The maximum Gasteiger partial charge on any atom is 0.311 e. The molecule has 2 rings (SSSR count). The van der Waals surface area contributed by atoms with Crippen LogP contribution in [0.15, 0.2) is 23.1 Å². The number of rotatable bonds is 3. The van der Waals surface area contributed by atoms with Crippen molar-refractivity contribution in [2.24, 2.45) is 5.92 Å². The zero-order valence-corrected chi connectivity index (χ0v) is 13.7. The molecule has 0 N–H and O–H groups in total. The molecule has 0 saturated carbocycles. The van der Waals surface area contributed by atoms with Gasteiger partial charge in [0, 0.05) is 13.1 Å². The summed E-state index contributed by atoms with van der Waals surface area (Å²) in [7, 11) is -2.56. The summed E-state index contributed by atoms with van der Waals surface area (Å²) in [4.78, 5) is 11.7. The number of hydrogen-bond acceptors (Lipinski definition) is 4. The molecule has 1 aliphatic rings. The van der Waals surface area contributed by atoms with Gasteiger partial charge in [-0.15, -0.1) is 0 Å². The van der Waals surface area contributed by atoms with E-state index in [-0.39, 0.29) is 24.4 Å². The van der Waals surface area contributed by atoms with Crippen LogP contribution in [-0.2, 0) is 19.6 Å². The molecule has 1 aromatic rings. The fourth-order valence-corrected chi connectivity index (χ4v) is 4.41. The highest BCUT2D eigenvalue weighted by molar-refractivity contribution is 7.89. The van der Waals surface area contributed by atoms with E-state index in [1.54, 1.807) is 26.0 Å².